The lowest BCUT2D eigenvalue weighted by Gasteiger charge is -2.05. The topological polar surface area (TPSA) is 178 Å². The van der Waals surface area contributed by atoms with Crippen molar-refractivity contribution in [2.24, 2.45) is 0 Å². The predicted octanol–water partition coefficient (Wildman–Crippen LogP) is 1.39. The minimum absolute atomic E-state index is 0.333. The highest BCUT2D eigenvalue weighted by Crippen LogP contribution is 2.36. The van der Waals surface area contributed by atoms with Crippen molar-refractivity contribution in [1.29, 1.82) is 0 Å². The van der Waals surface area contributed by atoms with E-state index in [1.54, 1.807) is 0 Å². The molecule has 12 heteroatoms. The van der Waals surface area contributed by atoms with Crippen LogP contribution in [-0.2, 0) is 3.07 Å². The second-order valence-electron chi connectivity index (χ2n) is 3.18. The van der Waals surface area contributed by atoms with Crippen molar-refractivity contribution >= 4 is 44.5 Å². The molecule has 0 fully saturated rings. The molecule has 0 bridgehead atoms. The van der Waals surface area contributed by atoms with Crippen molar-refractivity contribution in [2.45, 2.75) is 0 Å². The summed E-state index contributed by atoms with van der Waals surface area (Å²) in [6, 6.07) is 0.333. The molecule has 0 spiro atoms. The molecule has 11 nitrogen and oxygen atoms in total. The average molecular weight is 398 g/mol. The van der Waals surface area contributed by atoms with E-state index in [0.29, 0.717) is 6.07 Å². The van der Waals surface area contributed by atoms with Crippen LogP contribution in [0, 0.1) is 23.8 Å². The van der Waals surface area contributed by atoms with Gasteiger partial charge in [-0.3, -0.25) is 23.3 Å². The molecule has 0 saturated carbocycles. The lowest BCUT2D eigenvalue weighted by Crippen LogP contribution is -2.13. The first-order valence-corrected chi connectivity index (χ1v) is 6.41. The molecule has 0 radical (unpaired) electrons. The van der Waals surface area contributed by atoms with E-state index in [2.05, 4.69) is 0 Å². The number of carbonyl (C=O) groups is 2. The first-order valence-electron chi connectivity index (χ1n) is 4.45. The van der Waals surface area contributed by atoms with E-state index in [1.165, 1.54) is 0 Å². The average Bonchev–Trinajstić information content (AvgIpc) is 2.35. The van der Waals surface area contributed by atoms with Crippen LogP contribution in [0.15, 0.2) is 6.07 Å². The Hall–Kier alpha value is -2.51. The molecule has 1 rings (SSSR count). The van der Waals surface area contributed by atoms with E-state index >= 15 is 0 Å². The highest BCUT2D eigenvalue weighted by molar-refractivity contribution is 14.1. The van der Waals surface area contributed by atoms with Crippen LogP contribution in [0.3, 0.4) is 0 Å². The van der Waals surface area contributed by atoms with Gasteiger partial charge in [-0.05, 0) is 0 Å². The molecular formula is C8H3IN2O9. The number of hydrogen-bond acceptors (Lipinski definition) is 7. The summed E-state index contributed by atoms with van der Waals surface area (Å²) in [6.45, 7) is 0. The molecule has 0 aliphatic carbocycles. The summed E-state index contributed by atoms with van der Waals surface area (Å²) in [5.41, 5.74) is -4.75. The molecule has 20 heavy (non-hydrogen) atoms. The Morgan fingerprint density at radius 2 is 1.65 bits per heavy atom. The van der Waals surface area contributed by atoms with E-state index in [-0.39, 0.29) is 0 Å². The number of rotatable bonds is 5. The van der Waals surface area contributed by atoms with Gasteiger partial charge in [0.15, 0.2) is 26.8 Å². The summed E-state index contributed by atoms with van der Waals surface area (Å²) in [6.07, 6.45) is 0. The predicted molar refractivity (Wildman–Crippen MR) is 67.1 cm³/mol. The molecule has 0 saturated heterocycles. The number of halogens is 1. The lowest BCUT2D eigenvalue weighted by molar-refractivity contribution is -0.390. The Morgan fingerprint density at radius 1 is 1.10 bits per heavy atom. The molecule has 0 atom stereocenters. The van der Waals surface area contributed by atoms with Gasteiger partial charge in [0.2, 0.25) is 0 Å². The number of benzene rings is 1. The summed E-state index contributed by atoms with van der Waals surface area (Å²) in [5, 5.41) is 39.3. The smallest absolute Gasteiger partial charge is 0.344 e. The number of nitro benzene ring substituents is 2. The van der Waals surface area contributed by atoms with Crippen LogP contribution in [0.2, 0.25) is 0 Å². The third-order valence-electron chi connectivity index (χ3n) is 2.12. The zero-order chi connectivity index (χ0) is 15.6. The Labute approximate surface area is 118 Å². The van der Waals surface area contributed by atoms with E-state index < -0.39 is 69.0 Å². The number of aromatic carboxylic acids is 2. The quantitative estimate of drug-likeness (QED) is 0.421. The van der Waals surface area contributed by atoms with Crippen molar-refractivity contribution in [3.8, 4) is 0 Å². The fraction of sp³-hybridized carbons (Fsp3) is 0. The minimum Gasteiger partial charge on any atom is -0.477 e. The minimum atomic E-state index is -2.45. The summed E-state index contributed by atoms with van der Waals surface area (Å²) in [4.78, 5) is 41.0. The summed E-state index contributed by atoms with van der Waals surface area (Å²) >= 11 is -2.45. The number of nitro groups is 2. The number of hydrogen-bond donors (Lipinski definition) is 2. The van der Waals surface area contributed by atoms with Gasteiger partial charge in [-0.15, -0.1) is 0 Å². The molecule has 0 aliphatic heterocycles. The van der Waals surface area contributed by atoms with Crippen molar-refractivity contribution in [3.05, 3.63) is 41.0 Å². The Kier molecular flexibility index (Phi) is 4.38. The molecular weight excluding hydrogens is 395 g/mol. The van der Waals surface area contributed by atoms with Crippen LogP contribution in [0.1, 0.15) is 20.7 Å². The number of nitrogens with zero attached hydrogens (tertiary/aromatic N) is 2. The normalized spacial score (nSPS) is 10.0. The van der Waals surface area contributed by atoms with Gasteiger partial charge in [0, 0.05) is 6.07 Å². The van der Waals surface area contributed by atoms with E-state index in [1.807, 2.05) is 0 Å². The summed E-state index contributed by atoms with van der Waals surface area (Å²) < 4.78 is 10.2. The first kappa shape index (κ1) is 15.5. The fourth-order valence-electron chi connectivity index (χ4n) is 1.39. The second-order valence-corrected chi connectivity index (χ2v) is 4.70. The molecule has 2 N–H and O–H groups in total. The molecule has 0 aromatic heterocycles. The highest BCUT2D eigenvalue weighted by atomic mass is 127. The maximum absolute atomic E-state index is 11.0. The highest BCUT2D eigenvalue weighted by Gasteiger charge is 2.37. The maximum atomic E-state index is 11.0. The molecule has 1 aromatic carbocycles. The maximum Gasteiger partial charge on any atom is 0.344 e. The molecule has 0 amide bonds. The molecule has 0 unspecified atom stereocenters. The first-order chi connectivity index (χ1) is 9.22. The van der Waals surface area contributed by atoms with Crippen molar-refractivity contribution in [1.82, 2.24) is 0 Å². The SMILES string of the molecule is O=Ic1c([N+](=O)[O-])cc(C(=O)O)c([N+](=O)[O-])c1C(=O)O. The third-order valence-corrected chi connectivity index (χ3v) is 3.65. The van der Waals surface area contributed by atoms with Crippen LogP contribution in [-0.4, -0.2) is 32.0 Å². The largest absolute Gasteiger partial charge is 0.477 e. The van der Waals surface area contributed by atoms with Gasteiger partial charge in [0.25, 0.3) is 11.4 Å². The zero-order valence-electron chi connectivity index (χ0n) is 9.10. The standard InChI is InChI=1S/C8H3IN2O9/c12-7(13)2-1-3(10(17)18)5(9-16)4(8(14)15)6(2)11(19)20/h1H,(H,12,13)(H,14,15). The van der Waals surface area contributed by atoms with Gasteiger partial charge < -0.3 is 10.2 Å². The second kappa shape index (κ2) is 5.64. The van der Waals surface area contributed by atoms with Crippen molar-refractivity contribution < 1.29 is 32.7 Å². The van der Waals surface area contributed by atoms with Crippen LogP contribution in [0.25, 0.3) is 0 Å². The Morgan fingerprint density at radius 3 is 1.95 bits per heavy atom. The summed E-state index contributed by atoms with van der Waals surface area (Å²) in [5.74, 6) is -3.87. The molecule has 1 aromatic rings. The van der Waals surface area contributed by atoms with Gasteiger partial charge in [0.1, 0.15) is 9.13 Å². The van der Waals surface area contributed by atoms with Gasteiger partial charge in [-0.1, -0.05) is 0 Å². The van der Waals surface area contributed by atoms with Gasteiger partial charge >= 0.3 is 11.9 Å². The monoisotopic (exact) mass is 398 g/mol. The van der Waals surface area contributed by atoms with E-state index in [4.69, 9.17) is 10.2 Å². The Bertz CT molecular complexity index is 668. The van der Waals surface area contributed by atoms with Crippen LogP contribution in [0.5, 0.6) is 0 Å². The van der Waals surface area contributed by atoms with Gasteiger partial charge in [-0.2, -0.15) is 0 Å². The zero-order valence-corrected chi connectivity index (χ0v) is 11.3. The third kappa shape index (κ3) is 2.58. The van der Waals surface area contributed by atoms with Crippen LogP contribution < -0.4 is 0 Å². The number of carboxylic acids is 2. The molecule has 106 valence electrons. The lowest BCUT2D eigenvalue weighted by atomic mass is 10.1. The van der Waals surface area contributed by atoms with Crippen molar-refractivity contribution in [2.75, 3.05) is 0 Å². The number of carboxylic acid groups (broad SMARTS) is 2. The van der Waals surface area contributed by atoms with Gasteiger partial charge in [0.05, 0.1) is 9.85 Å². The van der Waals surface area contributed by atoms with Crippen molar-refractivity contribution in [3.63, 3.8) is 0 Å². The molecule has 0 aliphatic rings. The van der Waals surface area contributed by atoms with Gasteiger partial charge in [-0.25, -0.2) is 9.59 Å². The fourth-order valence-corrected chi connectivity index (χ4v) is 2.68. The summed E-state index contributed by atoms with van der Waals surface area (Å²) in [7, 11) is 0. The van der Waals surface area contributed by atoms with Crippen LogP contribution >= 0.6 is 21.2 Å². The van der Waals surface area contributed by atoms with Crippen LogP contribution in [0.4, 0.5) is 11.4 Å². The van der Waals surface area contributed by atoms with E-state index in [0.717, 1.165) is 0 Å². The van der Waals surface area contributed by atoms with E-state index in [9.17, 15) is 32.9 Å². The molecule has 0 heterocycles. The Balaban J connectivity index is 4.05.